The van der Waals surface area contributed by atoms with E-state index in [1.165, 1.54) is 5.56 Å². The molecule has 1 aliphatic heterocycles. The molecule has 5 nitrogen and oxygen atoms in total. The molecule has 0 aliphatic carbocycles. The molecule has 0 atom stereocenters. The molecule has 5 heteroatoms. The number of hydrogen-bond donors (Lipinski definition) is 0. The molecule has 0 amide bonds. The molecule has 0 radical (unpaired) electrons. The second-order valence-electron chi connectivity index (χ2n) is 8.14. The molecular formula is C26H26N4O. The van der Waals surface area contributed by atoms with Gasteiger partial charge in [-0.3, -0.25) is 9.88 Å². The maximum Gasteiger partial charge on any atom is 0.159 e. The Balaban J connectivity index is 1.26. The molecule has 1 aliphatic rings. The number of benzene rings is 1. The number of ether oxygens (including phenoxy) is 1. The second kappa shape index (κ2) is 8.82. The Kier molecular flexibility index (Phi) is 5.59. The lowest BCUT2D eigenvalue weighted by Gasteiger charge is -2.31. The van der Waals surface area contributed by atoms with E-state index in [2.05, 4.69) is 51.3 Å². The van der Waals surface area contributed by atoms with Gasteiger partial charge in [0.2, 0.25) is 0 Å². The molecular weight excluding hydrogens is 384 g/mol. The van der Waals surface area contributed by atoms with Crippen LogP contribution in [0.5, 0.6) is 5.75 Å². The van der Waals surface area contributed by atoms with E-state index in [1.54, 1.807) is 7.11 Å². The molecule has 156 valence electrons. The van der Waals surface area contributed by atoms with Crippen molar-refractivity contribution in [2.75, 3.05) is 20.2 Å². The molecule has 1 saturated heterocycles. The quantitative estimate of drug-likeness (QED) is 0.459. The first-order valence-corrected chi connectivity index (χ1v) is 10.8. The lowest BCUT2D eigenvalue weighted by Crippen LogP contribution is -2.32. The summed E-state index contributed by atoms with van der Waals surface area (Å²) in [4.78, 5) is 16.2. The van der Waals surface area contributed by atoms with Crippen LogP contribution in [-0.4, -0.2) is 40.1 Å². The molecule has 0 bridgehead atoms. The zero-order chi connectivity index (χ0) is 21.0. The van der Waals surface area contributed by atoms with Crippen LogP contribution < -0.4 is 4.74 Å². The number of piperidine rings is 1. The van der Waals surface area contributed by atoms with Crippen LogP contribution in [0.2, 0.25) is 0 Å². The van der Waals surface area contributed by atoms with Crippen LogP contribution in [-0.2, 0) is 6.54 Å². The van der Waals surface area contributed by atoms with Crippen molar-refractivity contribution in [2.24, 2.45) is 0 Å². The van der Waals surface area contributed by atoms with E-state index < -0.39 is 0 Å². The Labute approximate surface area is 182 Å². The van der Waals surface area contributed by atoms with Crippen molar-refractivity contribution in [1.29, 1.82) is 0 Å². The van der Waals surface area contributed by atoms with Gasteiger partial charge in [0.15, 0.2) is 5.65 Å². The lowest BCUT2D eigenvalue weighted by atomic mass is 9.92. The molecule has 1 aromatic carbocycles. The van der Waals surface area contributed by atoms with Gasteiger partial charge in [-0.05, 0) is 79.5 Å². The third kappa shape index (κ3) is 4.42. The predicted molar refractivity (Wildman–Crippen MR) is 123 cm³/mol. The van der Waals surface area contributed by atoms with E-state index in [0.717, 1.165) is 66.1 Å². The van der Waals surface area contributed by atoms with Crippen LogP contribution in [0.4, 0.5) is 0 Å². The highest BCUT2D eigenvalue weighted by molar-refractivity contribution is 5.80. The second-order valence-corrected chi connectivity index (χ2v) is 8.14. The van der Waals surface area contributed by atoms with Crippen molar-refractivity contribution in [3.63, 3.8) is 0 Å². The summed E-state index contributed by atoms with van der Waals surface area (Å²) < 4.78 is 5.35. The van der Waals surface area contributed by atoms with Gasteiger partial charge >= 0.3 is 0 Å². The first kappa shape index (κ1) is 19.6. The average molecular weight is 411 g/mol. The van der Waals surface area contributed by atoms with Crippen molar-refractivity contribution in [2.45, 2.75) is 25.3 Å². The number of pyridine rings is 3. The molecule has 0 spiro atoms. The van der Waals surface area contributed by atoms with Gasteiger partial charge in [-0.25, -0.2) is 9.97 Å². The minimum Gasteiger partial charge on any atom is -0.497 e. The van der Waals surface area contributed by atoms with E-state index in [0.29, 0.717) is 5.92 Å². The summed E-state index contributed by atoms with van der Waals surface area (Å²) in [5.74, 6) is 1.42. The first-order chi connectivity index (χ1) is 15.3. The van der Waals surface area contributed by atoms with Gasteiger partial charge in [0.25, 0.3) is 0 Å². The highest BCUT2D eigenvalue weighted by Crippen LogP contribution is 2.29. The number of aromatic nitrogens is 3. The Morgan fingerprint density at radius 1 is 0.968 bits per heavy atom. The van der Waals surface area contributed by atoms with Gasteiger partial charge in [0.05, 0.1) is 7.11 Å². The zero-order valence-electron chi connectivity index (χ0n) is 17.7. The molecule has 4 aromatic rings. The number of likely N-dealkylation sites (tertiary alicyclic amines) is 1. The third-order valence-corrected chi connectivity index (χ3v) is 6.12. The smallest absolute Gasteiger partial charge is 0.159 e. The fourth-order valence-corrected chi connectivity index (χ4v) is 4.37. The highest BCUT2D eigenvalue weighted by atomic mass is 16.5. The monoisotopic (exact) mass is 410 g/mol. The van der Waals surface area contributed by atoms with E-state index in [9.17, 15) is 0 Å². The van der Waals surface area contributed by atoms with Crippen LogP contribution in [0.3, 0.4) is 0 Å². The summed E-state index contributed by atoms with van der Waals surface area (Å²) in [5, 5.41) is 1.08. The topological polar surface area (TPSA) is 51.1 Å². The Morgan fingerprint density at radius 3 is 2.61 bits per heavy atom. The van der Waals surface area contributed by atoms with Gasteiger partial charge < -0.3 is 4.74 Å². The number of rotatable bonds is 5. The molecule has 0 unspecified atom stereocenters. The van der Waals surface area contributed by atoms with Crippen molar-refractivity contribution < 1.29 is 4.74 Å². The molecule has 4 heterocycles. The van der Waals surface area contributed by atoms with Crippen LogP contribution in [0.15, 0.2) is 73.2 Å². The van der Waals surface area contributed by atoms with Gasteiger partial charge in [0, 0.05) is 47.7 Å². The number of fused-ring (bicyclic) bond motifs is 1. The first-order valence-electron chi connectivity index (χ1n) is 10.8. The average Bonchev–Trinajstić information content (AvgIpc) is 2.84. The number of nitrogens with zero attached hydrogens (tertiary/aromatic N) is 4. The predicted octanol–water partition coefficient (Wildman–Crippen LogP) is 5.08. The SMILES string of the molecule is COc1cccc(CN2CCC(c3ccc4cc(-c5ccncc5)cnc4n3)CC2)c1. The number of methoxy groups -OCH3 is 1. The summed E-state index contributed by atoms with van der Waals surface area (Å²) in [6.45, 7) is 3.13. The summed E-state index contributed by atoms with van der Waals surface area (Å²) in [6.07, 6.45) is 7.77. The summed E-state index contributed by atoms with van der Waals surface area (Å²) in [7, 11) is 1.72. The summed E-state index contributed by atoms with van der Waals surface area (Å²) in [5.41, 5.74) is 5.51. The van der Waals surface area contributed by atoms with Crippen molar-refractivity contribution >= 4 is 11.0 Å². The maximum absolute atomic E-state index is 5.35. The Morgan fingerprint density at radius 2 is 1.81 bits per heavy atom. The fourth-order valence-electron chi connectivity index (χ4n) is 4.37. The third-order valence-electron chi connectivity index (χ3n) is 6.12. The van der Waals surface area contributed by atoms with Gasteiger partial charge in [-0.1, -0.05) is 12.1 Å². The lowest BCUT2D eigenvalue weighted by molar-refractivity contribution is 0.203. The van der Waals surface area contributed by atoms with Crippen LogP contribution in [0, 0.1) is 0 Å². The number of hydrogen-bond acceptors (Lipinski definition) is 5. The molecule has 1 fully saturated rings. The summed E-state index contributed by atoms with van der Waals surface area (Å²) in [6, 6.07) is 18.9. The molecule has 0 saturated carbocycles. The largest absolute Gasteiger partial charge is 0.497 e. The Hall–Kier alpha value is -3.31. The van der Waals surface area contributed by atoms with E-state index >= 15 is 0 Å². The van der Waals surface area contributed by atoms with Crippen molar-refractivity contribution in [3.8, 4) is 16.9 Å². The minimum atomic E-state index is 0.493. The highest BCUT2D eigenvalue weighted by Gasteiger charge is 2.22. The molecule has 31 heavy (non-hydrogen) atoms. The normalized spacial score (nSPS) is 15.3. The van der Waals surface area contributed by atoms with Gasteiger partial charge in [-0.15, -0.1) is 0 Å². The van der Waals surface area contributed by atoms with E-state index in [4.69, 9.17) is 9.72 Å². The Bertz CT molecular complexity index is 1170. The molecule has 5 rings (SSSR count). The fraction of sp³-hybridized carbons (Fsp3) is 0.269. The minimum absolute atomic E-state index is 0.493. The van der Waals surface area contributed by atoms with E-state index in [1.807, 2.05) is 36.8 Å². The van der Waals surface area contributed by atoms with Crippen molar-refractivity contribution in [1.82, 2.24) is 19.9 Å². The molecule has 3 aromatic heterocycles. The van der Waals surface area contributed by atoms with Crippen LogP contribution >= 0.6 is 0 Å². The zero-order valence-corrected chi connectivity index (χ0v) is 17.7. The van der Waals surface area contributed by atoms with Gasteiger partial charge in [-0.2, -0.15) is 0 Å². The summed E-state index contributed by atoms with van der Waals surface area (Å²) >= 11 is 0. The standard InChI is InChI=1S/C26H26N4O/c1-31-24-4-2-3-19(15-24)18-30-13-9-21(10-14-30)25-6-5-22-16-23(17-28-26(22)29-25)20-7-11-27-12-8-20/h2-8,11-12,15-17,21H,9-10,13-14,18H2,1H3. The van der Waals surface area contributed by atoms with Gasteiger partial charge in [0.1, 0.15) is 5.75 Å². The van der Waals surface area contributed by atoms with Crippen LogP contribution in [0.25, 0.3) is 22.2 Å². The molecule has 0 N–H and O–H groups in total. The van der Waals surface area contributed by atoms with Crippen molar-refractivity contribution in [3.05, 3.63) is 84.4 Å². The van der Waals surface area contributed by atoms with E-state index in [-0.39, 0.29) is 0 Å². The van der Waals surface area contributed by atoms with Crippen LogP contribution in [0.1, 0.15) is 30.0 Å². The maximum atomic E-state index is 5.35.